The molecule has 1 N–H and O–H groups in total. The molecule has 1 unspecified atom stereocenters. The summed E-state index contributed by atoms with van der Waals surface area (Å²) >= 11 is 9.44. The molecule has 0 aromatic carbocycles. The first-order valence-electron chi connectivity index (χ1n) is 4.50. The van der Waals surface area contributed by atoms with E-state index in [9.17, 15) is 0 Å². The van der Waals surface area contributed by atoms with E-state index in [0.29, 0.717) is 5.37 Å². The Morgan fingerprint density at radius 2 is 2.38 bits per heavy atom. The number of hydrogen-bond donors (Lipinski definition) is 1. The van der Waals surface area contributed by atoms with Crippen molar-refractivity contribution in [1.29, 1.82) is 0 Å². The topological polar surface area (TPSA) is 12.0 Å². The lowest BCUT2D eigenvalue weighted by atomic mass is 10.2. The molecular weight excluding hydrogens is 222 g/mol. The Morgan fingerprint density at radius 1 is 1.46 bits per heavy atom. The molecule has 0 radical (unpaired) electrons. The van der Waals surface area contributed by atoms with Crippen molar-refractivity contribution in [3.63, 3.8) is 0 Å². The Morgan fingerprint density at radius 3 is 3.00 bits per heavy atom. The molecule has 0 amide bonds. The van der Waals surface area contributed by atoms with Crippen molar-refractivity contribution in [2.75, 3.05) is 6.54 Å². The molecule has 1 fully saturated rings. The van der Waals surface area contributed by atoms with E-state index in [4.69, 9.17) is 11.6 Å². The first-order chi connectivity index (χ1) is 6.34. The van der Waals surface area contributed by atoms with Crippen molar-refractivity contribution in [3.05, 3.63) is 16.5 Å². The standard InChI is InChI=1S/C9H12ClNS2/c10-7-4-5-9(12-7)13-8-3-1-2-6-11-8/h4-5,8,11H,1-3,6H2. The van der Waals surface area contributed by atoms with E-state index in [1.54, 1.807) is 11.3 Å². The molecule has 72 valence electrons. The Labute approximate surface area is 91.9 Å². The van der Waals surface area contributed by atoms with E-state index in [-0.39, 0.29) is 0 Å². The molecule has 0 aliphatic carbocycles. The Bertz CT molecular complexity index is 268. The van der Waals surface area contributed by atoms with Gasteiger partial charge >= 0.3 is 0 Å². The average Bonchev–Trinajstić information content (AvgIpc) is 2.53. The highest BCUT2D eigenvalue weighted by atomic mass is 35.5. The average molecular weight is 234 g/mol. The maximum Gasteiger partial charge on any atom is 0.0940 e. The number of rotatable bonds is 2. The minimum atomic E-state index is 0.600. The fourth-order valence-corrected chi connectivity index (χ4v) is 4.06. The van der Waals surface area contributed by atoms with Crippen molar-refractivity contribution in [2.45, 2.75) is 28.8 Å². The van der Waals surface area contributed by atoms with E-state index in [1.165, 1.54) is 23.5 Å². The number of thiophene rings is 1. The zero-order valence-electron chi connectivity index (χ0n) is 7.25. The lowest BCUT2D eigenvalue weighted by Gasteiger charge is -2.21. The first kappa shape index (κ1) is 9.84. The maximum atomic E-state index is 5.86. The van der Waals surface area contributed by atoms with Crippen LogP contribution in [0.4, 0.5) is 0 Å². The van der Waals surface area contributed by atoms with Crippen LogP contribution < -0.4 is 5.32 Å². The lowest BCUT2D eigenvalue weighted by molar-refractivity contribution is 0.492. The van der Waals surface area contributed by atoms with Gasteiger partial charge in [-0.3, -0.25) is 0 Å². The number of piperidine rings is 1. The third-order valence-corrected chi connectivity index (χ3v) is 4.69. The lowest BCUT2D eigenvalue weighted by Crippen LogP contribution is -2.30. The molecular formula is C9H12ClNS2. The largest absolute Gasteiger partial charge is 0.305 e. The maximum absolute atomic E-state index is 5.86. The number of thioether (sulfide) groups is 1. The molecule has 4 heteroatoms. The number of nitrogens with one attached hydrogen (secondary N) is 1. The fraction of sp³-hybridized carbons (Fsp3) is 0.556. The van der Waals surface area contributed by atoms with Crippen molar-refractivity contribution in [3.8, 4) is 0 Å². The van der Waals surface area contributed by atoms with Gasteiger partial charge in [0.25, 0.3) is 0 Å². The van der Waals surface area contributed by atoms with Crippen LogP contribution in [0.25, 0.3) is 0 Å². The van der Waals surface area contributed by atoms with E-state index < -0.39 is 0 Å². The Kier molecular flexibility index (Phi) is 3.55. The van der Waals surface area contributed by atoms with Crippen LogP contribution in [0.2, 0.25) is 4.34 Å². The molecule has 13 heavy (non-hydrogen) atoms. The van der Waals surface area contributed by atoms with Gasteiger partial charge < -0.3 is 5.32 Å². The van der Waals surface area contributed by atoms with Gasteiger partial charge in [0, 0.05) is 0 Å². The monoisotopic (exact) mass is 233 g/mol. The third kappa shape index (κ3) is 2.88. The van der Waals surface area contributed by atoms with E-state index >= 15 is 0 Å². The van der Waals surface area contributed by atoms with Crippen LogP contribution in [0.5, 0.6) is 0 Å². The van der Waals surface area contributed by atoms with Crippen LogP contribution >= 0.6 is 34.7 Å². The predicted molar refractivity (Wildman–Crippen MR) is 60.8 cm³/mol. The summed E-state index contributed by atoms with van der Waals surface area (Å²) in [5, 5.41) is 4.10. The van der Waals surface area contributed by atoms with Crippen molar-refractivity contribution < 1.29 is 0 Å². The van der Waals surface area contributed by atoms with Gasteiger partial charge in [0.05, 0.1) is 13.9 Å². The molecule has 1 aromatic heterocycles. The van der Waals surface area contributed by atoms with Gasteiger partial charge in [-0.05, 0) is 37.9 Å². The molecule has 1 aromatic rings. The van der Waals surface area contributed by atoms with Crippen molar-refractivity contribution >= 4 is 34.7 Å². The van der Waals surface area contributed by atoms with Crippen LogP contribution in [0.1, 0.15) is 19.3 Å². The van der Waals surface area contributed by atoms with Crippen LogP contribution in [-0.2, 0) is 0 Å². The minimum absolute atomic E-state index is 0.600. The molecule has 2 heterocycles. The number of hydrogen-bond acceptors (Lipinski definition) is 3. The zero-order valence-corrected chi connectivity index (χ0v) is 9.64. The summed E-state index contributed by atoms with van der Waals surface area (Å²) in [4.78, 5) is 0. The summed E-state index contributed by atoms with van der Waals surface area (Å²) in [6.07, 6.45) is 3.95. The second-order valence-electron chi connectivity index (χ2n) is 3.11. The molecule has 1 aliphatic rings. The summed E-state index contributed by atoms with van der Waals surface area (Å²) in [7, 11) is 0. The quantitative estimate of drug-likeness (QED) is 0.838. The smallest absolute Gasteiger partial charge is 0.0940 e. The van der Waals surface area contributed by atoms with Crippen molar-refractivity contribution in [1.82, 2.24) is 5.32 Å². The normalized spacial score (nSPS) is 23.3. The molecule has 1 saturated heterocycles. The van der Waals surface area contributed by atoms with Gasteiger partial charge in [0.1, 0.15) is 0 Å². The Balaban J connectivity index is 1.89. The Hall–Kier alpha value is 0.300. The molecule has 1 atom stereocenters. The van der Waals surface area contributed by atoms with Crippen LogP contribution in [-0.4, -0.2) is 11.9 Å². The van der Waals surface area contributed by atoms with Crippen molar-refractivity contribution in [2.24, 2.45) is 0 Å². The number of halogens is 1. The van der Waals surface area contributed by atoms with Crippen LogP contribution in [0, 0.1) is 0 Å². The molecule has 0 spiro atoms. The fourth-order valence-electron chi connectivity index (χ4n) is 1.42. The van der Waals surface area contributed by atoms with E-state index in [0.717, 1.165) is 10.9 Å². The van der Waals surface area contributed by atoms with Gasteiger partial charge in [-0.25, -0.2) is 0 Å². The van der Waals surface area contributed by atoms with Crippen LogP contribution in [0.3, 0.4) is 0 Å². The third-order valence-electron chi connectivity index (χ3n) is 2.07. The van der Waals surface area contributed by atoms with E-state index in [2.05, 4.69) is 11.4 Å². The van der Waals surface area contributed by atoms with Gasteiger partial charge in [0.15, 0.2) is 0 Å². The predicted octanol–water partition coefficient (Wildman–Crippen LogP) is 3.59. The molecule has 0 bridgehead atoms. The first-order valence-corrected chi connectivity index (χ1v) is 6.57. The van der Waals surface area contributed by atoms with Gasteiger partial charge in [-0.15, -0.1) is 11.3 Å². The van der Waals surface area contributed by atoms with Gasteiger partial charge in [-0.1, -0.05) is 23.4 Å². The van der Waals surface area contributed by atoms with E-state index in [1.807, 2.05) is 17.8 Å². The van der Waals surface area contributed by atoms with Gasteiger partial charge in [-0.2, -0.15) is 0 Å². The summed E-state index contributed by atoms with van der Waals surface area (Å²) in [5.41, 5.74) is 0. The SMILES string of the molecule is Clc1ccc(SC2CCCCN2)s1. The van der Waals surface area contributed by atoms with Gasteiger partial charge in [0.2, 0.25) is 0 Å². The molecule has 1 nitrogen and oxygen atoms in total. The molecule has 2 rings (SSSR count). The summed E-state index contributed by atoms with van der Waals surface area (Å²) in [6.45, 7) is 1.16. The summed E-state index contributed by atoms with van der Waals surface area (Å²) in [5.74, 6) is 0. The summed E-state index contributed by atoms with van der Waals surface area (Å²) in [6, 6.07) is 4.07. The second kappa shape index (κ2) is 4.69. The molecule has 1 aliphatic heterocycles. The highest BCUT2D eigenvalue weighted by molar-refractivity contribution is 8.01. The molecule has 0 saturated carbocycles. The zero-order chi connectivity index (χ0) is 9.10. The second-order valence-corrected chi connectivity index (χ2v) is 6.33. The van der Waals surface area contributed by atoms with Crippen LogP contribution in [0.15, 0.2) is 16.3 Å². The minimum Gasteiger partial charge on any atom is -0.305 e. The highest BCUT2D eigenvalue weighted by Crippen LogP contribution is 2.34. The summed E-state index contributed by atoms with van der Waals surface area (Å²) < 4.78 is 2.21. The highest BCUT2D eigenvalue weighted by Gasteiger charge is 2.14.